The Morgan fingerprint density at radius 1 is 1.06 bits per heavy atom. The third-order valence-electron chi connectivity index (χ3n) is 2.36. The molecule has 0 aliphatic carbocycles. The fourth-order valence-corrected chi connectivity index (χ4v) is 1.50. The lowest BCUT2D eigenvalue weighted by Gasteiger charge is -2.12. The molecular weight excluding hydrogens is 210 g/mol. The van der Waals surface area contributed by atoms with Crippen LogP contribution in [0.25, 0.3) is 0 Å². The second-order valence-corrected chi connectivity index (χ2v) is 3.42. The molecule has 2 nitrogen and oxygen atoms in total. The van der Waals surface area contributed by atoms with Crippen molar-refractivity contribution in [3.05, 3.63) is 65.5 Å². The van der Waals surface area contributed by atoms with Crippen molar-refractivity contribution in [3.63, 3.8) is 0 Å². The van der Waals surface area contributed by atoms with Crippen LogP contribution in [0.15, 0.2) is 42.7 Å². The van der Waals surface area contributed by atoms with Crippen molar-refractivity contribution in [2.75, 3.05) is 0 Å². The number of halogens is 2. The van der Waals surface area contributed by atoms with Gasteiger partial charge >= 0.3 is 0 Å². The van der Waals surface area contributed by atoms with Gasteiger partial charge in [-0.15, -0.1) is 0 Å². The number of hydrogen-bond acceptors (Lipinski definition) is 2. The van der Waals surface area contributed by atoms with Crippen LogP contribution in [0.1, 0.15) is 17.2 Å². The van der Waals surface area contributed by atoms with E-state index in [0.29, 0.717) is 0 Å². The Morgan fingerprint density at radius 2 is 1.75 bits per heavy atom. The Bertz CT molecular complexity index is 486. The Balaban J connectivity index is 2.38. The summed E-state index contributed by atoms with van der Waals surface area (Å²) in [7, 11) is 0. The van der Waals surface area contributed by atoms with E-state index in [-0.39, 0.29) is 5.56 Å². The lowest BCUT2D eigenvalue weighted by molar-refractivity contribution is 0.566. The summed E-state index contributed by atoms with van der Waals surface area (Å²) in [6, 6.07) is 6.18. The normalized spacial score (nSPS) is 12.4. The van der Waals surface area contributed by atoms with E-state index >= 15 is 0 Å². The average molecular weight is 220 g/mol. The van der Waals surface area contributed by atoms with E-state index in [9.17, 15) is 8.78 Å². The van der Waals surface area contributed by atoms with Gasteiger partial charge in [-0.2, -0.15) is 0 Å². The summed E-state index contributed by atoms with van der Waals surface area (Å²) in [5.74, 6) is -1.24. The molecule has 1 atom stereocenters. The first-order chi connectivity index (χ1) is 7.68. The highest BCUT2D eigenvalue weighted by atomic mass is 19.1. The minimum atomic E-state index is -0.635. The summed E-state index contributed by atoms with van der Waals surface area (Å²) in [6.45, 7) is 0. The van der Waals surface area contributed by atoms with Gasteiger partial charge < -0.3 is 5.73 Å². The van der Waals surface area contributed by atoms with E-state index in [4.69, 9.17) is 5.73 Å². The number of benzene rings is 1. The topological polar surface area (TPSA) is 38.9 Å². The van der Waals surface area contributed by atoms with Gasteiger partial charge in [-0.25, -0.2) is 8.78 Å². The van der Waals surface area contributed by atoms with E-state index < -0.39 is 17.7 Å². The summed E-state index contributed by atoms with van der Waals surface area (Å²) in [5.41, 5.74) is 6.88. The van der Waals surface area contributed by atoms with Crippen molar-refractivity contribution in [3.8, 4) is 0 Å². The molecule has 2 rings (SSSR count). The van der Waals surface area contributed by atoms with E-state index in [2.05, 4.69) is 4.98 Å². The maximum Gasteiger partial charge on any atom is 0.131 e. The molecule has 82 valence electrons. The Labute approximate surface area is 91.7 Å². The second-order valence-electron chi connectivity index (χ2n) is 3.42. The molecule has 0 fully saturated rings. The van der Waals surface area contributed by atoms with Crippen LogP contribution in [0.3, 0.4) is 0 Å². The molecule has 0 saturated carbocycles. The van der Waals surface area contributed by atoms with Crippen molar-refractivity contribution in [2.24, 2.45) is 5.73 Å². The van der Waals surface area contributed by atoms with Crippen LogP contribution < -0.4 is 5.73 Å². The van der Waals surface area contributed by atoms with Crippen LogP contribution >= 0.6 is 0 Å². The smallest absolute Gasteiger partial charge is 0.131 e. The molecule has 0 amide bonds. The monoisotopic (exact) mass is 220 g/mol. The van der Waals surface area contributed by atoms with E-state index in [1.165, 1.54) is 12.1 Å². The quantitative estimate of drug-likeness (QED) is 0.844. The molecule has 0 aliphatic rings. The molecule has 0 bridgehead atoms. The van der Waals surface area contributed by atoms with Gasteiger partial charge in [0.05, 0.1) is 6.04 Å². The first-order valence-corrected chi connectivity index (χ1v) is 4.79. The first-order valence-electron chi connectivity index (χ1n) is 4.79. The zero-order valence-electron chi connectivity index (χ0n) is 8.40. The summed E-state index contributed by atoms with van der Waals surface area (Å²) >= 11 is 0. The summed E-state index contributed by atoms with van der Waals surface area (Å²) < 4.78 is 26.2. The lowest BCUT2D eigenvalue weighted by atomic mass is 10.0. The minimum Gasteiger partial charge on any atom is -0.320 e. The number of nitrogens with two attached hydrogens (primary N) is 1. The fourth-order valence-electron chi connectivity index (χ4n) is 1.50. The predicted molar refractivity (Wildman–Crippen MR) is 56.6 cm³/mol. The van der Waals surface area contributed by atoms with Crippen molar-refractivity contribution >= 4 is 0 Å². The van der Waals surface area contributed by atoms with Crippen LogP contribution in [0.5, 0.6) is 0 Å². The number of pyridine rings is 1. The summed E-state index contributed by atoms with van der Waals surface area (Å²) in [5, 5.41) is 0. The molecule has 2 N–H and O–H groups in total. The molecule has 4 heteroatoms. The number of hydrogen-bond donors (Lipinski definition) is 1. The van der Waals surface area contributed by atoms with Gasteiger partial charge in [0.2, 0.25) is 0 Å². The van der Waals surface area contributed by atoms with Crippen molar-refractivity contribution in [1.29, 1.82) is 0 Å². The number of aromatic nitrogens is 1. The maximum absolute atomic E-state index is 13.5. The largest absolute Gasteiger partial charge is 0.320 e. The Hall–Kier alpha value is -1.81. The van der Waals surface area contributed by atoms with Gasteiger partial charge in [-0.05, 0) is 23.8 Å². The molecule has 16 heavy (non-hydrogen) atoms. The molecule has 0 aliphatic heterocycles. The number of rotatable bonds is 2. The van der Waals surface area contributed by atoms with E-state index in [1.54, 1.807) is 24.5 Å². The van der Waals surface area contributed by atoms with E-state index in [1.807, 2.05) is 0 Å². The molecule has 0 radical (unpaired) electrons. The van der Waals surface area contributed by atoms with E-state index in [0.717, 1.165) is 11.6 Å². The highest BCUT2D eigenvalue weighted by Crippen LogP contribution is 2.22. The molecule has 2 aromatic rings. The molecule has 0 spiro atoms. The average Bonchev–Trinajstić information content (AvgIpc) is 2.29. The second kappa shape index (κ2) is 4.37. The molecule has 1 heterocycles. The lowest BCUT2D eigenvalue weighted by Crippen LogP contribution is -2.13. The molecular formula is C12H10F2N2. The first kappa shape index (κ1) is 10.7. The number of nitrogens with zero attached hydrogens (tertiary/aromatic N) is 1. The molecule has 1 unspecified atom stereocenters. The Morgan fingerprint density at radius 3 is 2.38 bits per heavy atom. The van der Waals surface area contributed by atoms with Gasteiger partial charge in [0.25, 0.3) is 0 Å². The SMILES string of the molecule is NC(c1ccncc1)c1ccc(F)cc1F. The van der Waals surface area contributed by atoms with Gasteiger partial charge in [-0.3, -0.25) is 4.98 Å². The third kappa shape index (κ3) is 2.06. The summed E-state index contributed by atoms with van der Waals surface area (Å²) in [4.78, 5) is 3.85. The van der Waals surface area contributed by atoms with Crippen LogP contribution in [0.2, 0.25) is 0 Å². The predicted octanol–water partition coefficient (Wildman–Crippen LogP) is 2.41. The highest BCUT2D eigenvalue weighted by Gasteiger charge is 2.13. The van der Waals surface area contributed by atoms with Crippen molar-refractivity contribution in [1.82, 2.24) is 4.98 Å². The summed E-state index contributed by atoms with van der Waals surface area (Å²) in [6.07, 6.45) is 3.16. The standard InChI is InChI=1S/C12H10F2N2/c13-9-1-2-10(11(14)7-9)12(15)8-3-5-16-6-4-8/h1-7,12H,15H2. The zero-order valence-corrected chi connectivity index (χ0v) is 8.40. The Kier molecular flexibility index (Phi) is 2.92. The van der Waals surface area contributed by atoms with Gasteiger partial charge in [0.1, 0.15) is 11.6 Å². The van der Waals surface area contributed by atoms with Gasteiger partial charge in [0, 0.05) is 24.0 Å². The highest BCUT2D eigenvalue weighted by molar-refractivity contribution is 5.31. The van der Waals surface area contributed by atoms with Crippen molar-refractivity contribution in [2.45, 2.75) is 6.04 Å². The molecule has 1 aromatic carbocycles. The van der Waals surface area contributed by atoms with Crippen LogP contribution in [0.4, 0.5) is 8.78 Å². The minimum absolute atomic E-state index is 0.271. The molecule has 1 aromatic heterocycles. The van der Waals surface area contributed by atoms with Crippen LogP contribution in [0, 0.1) is 11.6 Å². The fraction of sp³-hybridized carbons (Fsp3) is 0.0833. The maximum atomic E-state index is 13.5. The third-order valence-corrected chi connectivity index (χ3v) is 2.36. The van der Waals surface area contributed by atoms with Crippen LogP contribution in [-0.2, 0) is 0 Å². The van der Waals surface area contributed by atoms with Gasteiger partial charge in [-0.1, -0.05) is 6.07 Å². The zero-order chi connectivity index (χ0) is 11.5. The molecule has 0 saturated heterocycles. The van der Waals surface area contributed by atoms with Gasteiger partial charge in [0.15, 0.2) is 0 Å². The van der Waals surface area contributed by atoms with Crippen LogP contribution in [-0.4, -0.2) is 4.98 Å². The van der Waals surface area contributed by atoms with Crippen molar-refractivity contribution < 1.29 is 8.78 Å².